The number of hydrogen-bond donors (Lipinski definition) is 3. The minimum Gasteiger partial charge on any atom is -0.481 e. The Labute approximate surface area is 128 Å². The summed E-state index contributed by atoms with van der Waals surface area (Å²) in [6.07, 6.45) is 5.07. The first-order valence-corrected chi connectivity index (χ1v) is 7.36. The monoisotopic (exact) mass is 309 g/mol. The van der Waals surface area contributed by atoms with Crippen molar-refractivity contribution in [3.8, 4) is 0 Å². The van der Waals surface area contributed by atoms with Gasteiger partial charge in [-0.25, -0.2) is 9.18 Å². The molecule has 0 spiro atoms. The molecule has 0 aliphatic heterocycles. The zero-order chi connectivity index (χ0) is 16.1. The average molecular weight is 309 g/mol. The molecule has 2 amide bonds. The first-order chi connectivity index (χ1) is 10.5. The molecular formula is C15H20FN3O3. The number of nitrogens with zero attached hydrogens (tertiary/aromatic N) is 1. The molecule has 2 rings (SSSR count). The van der Waals surface area contributed by atoms with E-state index in [9.17, 15) is 14.0 Å². The van der Waals surface area contributed by atoms with Gasteiger partial charge in [0.05, 0.1) is 18.2 Å². The van der Waals surface area contributed by atoms with Gasteiger partial charge in [-0.1, -0.05) is 0 Å². The van der Waals surface area contributed by atoms with E-state index in [0.717, 1.165) is 6.20 Å². The van der Waals surface area contributed by atoms with Gasteiger partial charge in [0.1, 0.15) is 5.82 Å². The predicted octanol–water partition coefficient (Wildman–Crippen LogP) is 2.22. The Balaban J connectivity index is 1.80. The number of nitrogens with one attached hydrogen (secondary N) is 2. The van der Waals surface area contributed by atoms with Crippen molar-refractivity contribution >= 4 is 12.0 Å². The van der Waals surface area contributed by atoms with Gasteiger partial charge < -0.3 is 15.7 Å². The summed E-state index contributed by atoms with van der Waals surface area (Å²) in [6, 6.07) is 0.609. The third-order valence-corrected chi connectivity index (χ3v) is 3.99. The van der Waals surface area contributed by atoms with Crippen LogP contribution in [0, 0.1) is 11.7 Å². The Morgan fingerprint density at radius 3 is 2.59 bits per heavy atom. The van der Waals surface area contributed by atoms with Crippen molar-refractivity contribution in [3.63, 3.8) is 0 Å². The first-order valence-electron chi connectivity index (χ1n) is 7.36. The molecule has 1 unspecified atom stereocenters. The van der Waals surface area contributed by atoms with Gasteiger partial charge in [-0.3, -0.25) is 9.78 Å². The molecule has 1 aromatic rings. The molecule has 6 nitrogen and oxygen atoms in total. The van der Waals surface area contributed by atoms with Gasteiger partial charge in [0.25, 0.3) is 0 Å². The van der Waals surface area contributed by atoms with E-state index in [1.807, 2.05) is 0 Å². The zero-order valence-electron chi connectivity index (χ0n) is 12.4. The van der Waals surface area contributed by atoms with E-state index in [1.165, 1.54) is 12.3 Å². The minimum atomic E-state index is -0.768. The molecular weight excluding hydrogens is 289 g/mol. The summed E-state index contributed by atoms with van der Waals surface area (Å²) in [6.45, 7) is 1.75. The summed E-state index contributed by atoms with van der Waals surface area (Å²) in [4.78, 5) is 26.6. The summed E-state index contributed by atoms with van der Waals surface area (Å²) in [5, 5.41) is 14.5. The van der Waals surface area contributed by atoms with E-state index in [1.54, 1.807) is 6.92 Å². The Morgan fingerprint density at radius 1 is 1.32 bits per heavy atom. The lowest BCUT2D eigenvalue weighted by atomic mass is 9.86. The highest BCUT2D eigenvalue weighted by molar-refractivity contribution is 5.75. The van der Waals surface area contributed by atoms with Crippen LogP contribution in [0.1, 0.15) is 44.2 Å². The SMILES string of the molecule is CC(NC(=O)NC1CCC(C(=O)O)CC1)c1cncc(F)c1. The number of amides is 2. The number of carboxylic acids is 1. The van der Waals surface area contributed by atoms with Crippen LogP contribution in [-0.4, -0.2) is 28.1 Å². The quantitative estimate of drug-likeness (QED) is 0.795. The molecule has 1 atom stereocenters. The molecule has 1 aliphatic carbocycles. The van der Waals surface area contributed by atoms with Crippen LogP contribution in [0.3, 0.4) is 0 Å². The van der Waals surface area contributed by atoms with Crippen LogP contribution in [0.5, 0.6) is 0 Å². The third kappa shape index (κ3) is 4.41. The maximum absolute atomic E-state index is 13.1. The number of aromatic nitrogens is 1. The van der Waals surface area contributed by atoms with Crippen LogP contribution in [0.15, 0.2) is 18.5 Å². The smallest absolute Gasteiger partial charge is 0.315 e. The fourth-order valence-corrected chi connectivity index (χ4v) is 2.66. The lowest BCUT2D eigenvalue weighted by Gasteiger charge is -2.27. The highest BCUT2D eigenvalue weighted by Gasteiger charge is 2.26. The summed E-state index contributed by atoms with van der Waals surface area (Å²) in [7, 11) is 0. The predicted molar refractivity (Wildman–Crippen MR) is 77.7 cm³/mol. The number of halogens is 1. The second-order valence-corrected chi connectivity index (χ2v) is 5.66. The summed E-state index contributed by atoms with van der Waals surface area (Å²) in [5.41, 5.74) is 0.588. The van der Waals surface area contributed by atoms with Crippen LogP contribution in [-0.2, 0) is 4.79 Å². The van der Waals surface area contributed by atoms with E-state index in [4.69, 9.17) is 5.11 Å². The van der Waals surface area contributed by atoms with Gasteiger partial charge >= 0.3 is 12.0 Å². The standard InChI is InChI=1S/C15H20FN3O3/c1-9(11-6-12(16)8-17-7-11)18-15(22)19-13-4-2-10(3-5-13)14(20)21/h6-10,13H,2-5H2,1H3,(H,20,21)(H2,18,19,22). The van der Waals surface area contributed by atoms with Crippen molar-refractivity contribution in [2.45, 2.75) is 44.7 Å². The number of carbonyl (C=O) groups is 2. The number of aliphatic carboxylic acids is 1. The molecule has 0 saturated heterocycles. The number of pyridine rings is 1. The molecule has 0 aromatic carbocycles. The first kappa shape index (κ1) is 16.2. The summed E-state index contributed by atoms with van der Waals surface area (Å²) >= 11 is 0. The lowest BCUT2D eigenvalue weighted by molar-refractivity contribution is -0.142. The second-order valence-electron chi connectivity index (χ2n) is 5.66. The lowest BCUT2D eigenvalue weighted by Crippen LogP contribution is -2.44. The van der Waals surface area contributed by atoms with Crippen LogP contribution in [0.25, 0.3) is 0 Å². The van der Waals surface area contributed by atoms with Crippen molar-refractivity contribution in [1.29, 1.82) is 0 Å². The number of carbonyl (C=O) groups excluding carboxylic acids is 1. The van der Waals surface area contributed by atoms with Crippen molar-refractivity contribution in [1.82, 2.24) is 15.6 Å². The van der Waals surface area contributed by atoms with Crippen molar-refractivity contribution < 1.29 is 19.1 Å². The Kier molecular flexibility index (Phi) is 5.30. The van der Waals surface area contributed by atoms with Crippen LogP contribution in [0.4, 0.5) is 9.18 Å². The third-order valence-electron chi connectivity index (χ3n) is 3.99. The molecule has 3 N–H and O–H groups in total. The van der Waals surface area contributed by atoms with E-state index < -0.39 is 11.8 Å². The highest BCUT2D eigenvalue weighted by Crippen LogP contribution is 2.24. The second kappa shape index (κ2) is 7.20. The normalized spacial score (nSPS) is 22.6. The molecule has 0 bridgehead atoms. The van der Waals surface area contributed by atoms with Crippen LogP contribution in [0.2, 0.25) is 0 Å². The minimum absolute atomic E-state index is 0.0200. The van der Waals surface area contributed by atoms with Crippen molar-refractivity contribution in [2.24, 2.45) is 5.92 Å². The van der Waals surface area contributed by atoms with Gasteiger partial charge in [0.2, 0.25) is 0 Å². The molecule has 120 valence electrons. The van der Waals surface area contributed by atoms with Gasteiger partial charge in [-0.05, 0) is 44.2 Å². The van der Waals surface area contributed by atoms with Gasteiger partial charge in [-0.15, -0.1) is 0 Å². The molecule has 1 aromatic heterocycles. The molecule has 22 heavy (non-hydrogen) atoms. The van der Waals surface area contributed by atoms with E-state index in [2.05, 4.69) is 15.6 Å². The fraction of sp³-hybridized carbons (Fsp3) is 0.533. The van der Waals surface area contributed by atoms with E-state index in [0.29, 0.717) is 31.2 Å². The molecule has 1 saturated carbocycles. The van der Waals surface area contributed by atoms with E-state index >= 15 is 0 Å². The number of hydrogen-bond acceptors (Lipinski definition) is 3. The average Bonchev–Trinajstić information content (AvgIpc) is 2.47. The van der Waals surface area contributed by atoms with Gasteiger partial charge in [0.15, 0.2) is 0 Å². The Hall–Kier alpha value is -2.18. The van der Waals surface area contributed by atoms with Crippen molar-refractivity contribution in [3.05, 3.63) is 29.8 Å². The highest BCUT2D eigenvalue weighted by atomic mass is 19.1. The maximum atomic E-state index is 13.1. The fourth-order valence-electron chi connectivity index (χ4n) is 2.66. The zero-order valence-corrected chi connectivity index (χ0v) is 12.4. The molecule has 0 radical (unpaired) electrons. The topological polar surface area (TPSA) is 91.3 Å². The Morgan fingerprint density at radius 2 is 2.00 bits per heavy atom. The molecule has 1 aliphatic rings. The Bertz CT molecular complexity index is 545. The summed E-state index contributed by atoms with van der Waals surface area (Å²) < 4.78 is 13.1. The van der Waals surface area contributed by atoms with Crippen LogP contribution < -0.4 is 10.6 Å². The summed E-state index contributed by atoms with van der Waals surface area (Å²) in [5.74, 6) is -1.52. The number of carboxylic acid groups (broad SMARTS) is 1. The van der Waals surface area contributed by atoms with Gasteiger partial charge in [0, 0.05) is 12.2 Å². The van der Waals surface area contributed by atoms with Crippen molar-refractivity contribution in [2.75, 3.05) is 0 Å². The maximum Gasteiger partial charge on any atom is 0.315 e. The number of urea groups is 1. The molecule has 7 heteroatoms. The molecule has 1 fully saturated rings. The molecule has 1 heterocycles. The van der Waals surface area contributed by atoms with Crippen LogP contribution >= 0.6 is 0 Å². The number of rotatable bonds is 4. The largest absolute Gasteiger partial charge is 0.481 e. The van der Waals surface area contributed by atoms with Gasteiger partial charge in [-0.2, -0.15) is 0 Å². The van der Waals surface area contributed by atoms with E-state index in [-0.39, 0.29) is 24.0 Å².